The van der Waals surface area contributed by atoms with Gasteiger partial charge in [0.05, 0.1) is 16.8 Å². The van der Waals surface area contributed by atoms with Gasteiger partial charge in [-0.15, -0.1) is 0 Å². The van der Waals surface area contributed by atoms with Crippen LogP contribution in [0, 0.1) is 0 Å². The van der Waals surface area contributed by atoms with Crippen LogP contribution in [0.15, 0.2) is 54.6 Å². The highest BCUT2D eigenvalue weighted by Gasteiger charge is 2.30. The molecule has 4 heteroatoms. The Bertz CT molecular complexity index is 674. The Kier molecular flexibility index (Phi) is 4.99. The lowest BCUT2D eigenvalue weighted by molar-refractivity contribution is -0.120. The van der Waals surface area contributed by atoms with Crippen molar-refractivity contribution < 1.29 is 4.79 Å². The van der Waals surface area contributed by atoms with Crippen LogP contribution in [0.5, 0.6) is 0 Å². The van der Waals surface area contributed by atoms with Gasteiger partial charge >= 0.3 is 0 Å². The molecule has 3 rings (SSSR count). The Balaban J connectivity index is 1.61. The molecule has 0 unspecified atom stereocenters. The number of halogens is 1. The molecule has 1 aliphatic rings. The van der Waals surface area contributed by atoms with Gasteiger partial charge in [-0.1, -0.05) is 54.1 Å². The highest BCUT2D eigenvalue weighted by molar-refractivity contribution is 6.33. The minimum atomic E-state index is -0.167. The molecule has 0 aliphatic carbocycles. The van der Waals surface area contributed by atoms with E-state index in [1.54, 1.807) is 6.07 Å². The normalized spacial score (nSPS) is 19.5. The molecule has 2 atom stereocenters. The summed E-state index contributed by atoms with van der Waals surface area (Å²) < 4.78 is 0. The molecule has 3 nitrogen and oxygen atoms in total. The average molecular weight is 329 g/mol. The molecule has 1 heterocycles. The van der Waals surface area contributed by atoms with Crippen molar-refractivity contribution in [1.29, 1.82) is 0 Å². The fourth-order valence-corrected chi connectivity index (χ4v) is 3.28. The van der Waals surface area contributed by atoms with Crippen molar-refractivity contribution in [3.63, 3.8) is 0 Å². The summed E-state index contributed by atoms with van der Waals surface area (Å²) in [6, 6.07) is 17.7. The van der Waals surface area contributed by atoms with E-state index in [4.69, 9.17) is 11.6 Å². The summed E-state index contributed by atoms with van der Waals surface area (Å²) in [5.41, 5.74) is 2.03. The topological polar surface area (TPSA) is 32.3 Å². The quantitative estimate of drug-likeness (QED) is 0.914. The number of nitrogens with one attached hydrogen (secondary N) is 1. The van der Waals surface area contributed by atoms with E-state index < -0.39 is 0 Å². The third-order valence-electron chi connectivity index (χ3n) is 4.55. The van der Waals surface area contributed by atoms with E-state index in [1.165, 1.54) is 5.56 Å². The van der Waals surface area contributed by atoms with E-state index >= 15 is 0 Å². The van der Waals surface area contributed by atoms with Crippen molar-refractivity contribution in [1.82, 2.24) is 4.90 Å². The number of hydrogen-bond donors (Lipinski definition) is 1. The molecular weight excluding hydrogens is 308 g/mol. The molecule has 0 radical (unpaired) electrons. The van der Waals surface area contributed by atoms with Crippen molar-refractivity contribution in [2.24, 2.45) is 0 Å². The molecule has 1 aliphatic heterocycles. The second-order valence-corrected chi connectivity index (χ2v) is 6.44. The van der Waals surface area contributed by atoms with E-state index in [0.717, 1.165) is 19.5 Å². The van der Waals surface area contributed by atoms with Crippen molar-refractivity contribution in [3.05, 3.63) is 65.2 Å². The number of anilines is 1. The van der Waals surface area contributed by atoms with Crippen LogP contribution >= 0.6 is 11.6 Å². The second kappa shape index (κ2) is 7.16. The largest absolute Gasteiger partial charge is 0.323 e. The Morgan fingerprint density at radius 3 is 2.61 bits per heavy atom. The number of para-hydroxylation sites is 1. The van der Waals surface area contributed by atoms with E-state index in [0.29, 0.717) is 16.6 Å². The molecule has 0 bridgehead atoms. The van der Waals surface area contributed by atoms with Gasteiger partial charge in [0.15, 0.2) is 0 Å². The molecular formula is C19H21ClN2O. The summed E-state index contributed by atoms with van der Waals surface area (Å²) in [6.07, 6.45) is 1.09. The fraction of sp³-hybridized carbons (Fsp3) is 0.316. The maximum atomic E-state index is 12.5. The molecule has 1 saturated heterocycles. The average Bonchev–Trinajstić information content (AvgIpc) is 3.07. The number of amides is 1. The molecule has 0 saturated carbocycles. The predicted molar refractivity (Wildman–Crippen MR) is 94.9 cm³/mol. The summed E-state index contributed by atoms with van der Waals surface area (Å²) in [7, 11) is 0. The first-order chi connectivity index (χ1) is 11.1. The predicted octanol–water partition coefficient (Wildman–Crippen LogP) is 4.16. The van der Waals surface area contributed by atoms with Crippen LogP contribution in [-0.4, -0.2) is 29.9 Å². The maximum absolute atomic E-state index is 12.5. The molecule has 1 N–H and O–H groups in total. The Morgan fingerprint density at radius 2 is 1.87 bits per heavy atom. The van der Waals surface area contributed by atoms with E-state index in [-0.39, 0.29) is 11.9 Å². The monoisotopic (exact) mass is 328 g/mol. The first-order valence-corrected chi connectivity index (χ1v) is 8.37. The Labute approximate surface area is 142 Å². The minimum Gasteiger partial charge on any atom is -0.323 e. The van der Waals surface area contributed by atoms with Crippen LogP contribution < -0.4 is 5.32 Å². The zero-order chi connectivity index (χ0) is 16.2. The minimum absolute atomic E-state index is 0.00758. The van der Waals surface area contributed by atoms with E-state index in [9.17, 15) is 4.79 Å². The number of likely N-dealkylation sites (tertiary alicyclic amines) is 1. The van der Waals surface area contributed by atoms with Gasteiger partial charge in [-0.05, 0) is 43.5 Å². The smallest absolute Gasteiger partial charge is 0.241 e. The zero-order valence-corrected chi connectivity index (χ0v) is 14.0. The number of nitrogens with zero attached hydrogens (tertiary/aromatic N) is 1. The molecule has 1 amide bonds. The van der Waals surface area contributed by atoms with Gasteiger partial charge < -0.3 is 5.32 Å². The molecule has 1 fully saturated rings. The van der Waals surface area contributed by atoms with Crippen molar-refractivity contribution in [2.75, 3.05) is 18.4 Å². The van der Waals surface area contributed by atoms with Crippen LogP contribution in [-0.2, 0) is 4.79 Å². The van der Waals surface area contributed by atoms with E-state index in [1.807, 2.05) is 31.2 Å². The lowest BCUT2D eigenvalue weighted by Gasteiger charge is -2.23. The van der Waals surface area contributed by atoms with Crippen LogP contribution in [0.1, 0.15) is 24.8 Å². The highest BCUT2D eigenvalue weighted by Crippen LogP contribution is 2.28. The Morgan fingerprint density at radius 1 is 1.17 bits per heavy atom. The number of carbonyl (C=O) groups is 1. The number of hydrogen-bond acceptors (Lipinski definition) is 2. The molecule has 0 spiro atoms. The SMILES string of the molecule is C[C@@H](C(=O)Nc1ccccc1Cl)N1CC[C@@H](c2ccccc2)C1. The standard InChI is InChI=1S/C19H21ClN2O/c1-14(19(23)21-18-10-6-5-9-17(18)20)22-12-11-16(13-22)15-7-3-2-4-8-15/h2-10,14,16H,11-13H2,1H3,(H,21,23)/t14-,16+/m0/s1. The second-order valence-electron chi connectivity index (χ2n) is 6.04. The lowest BCUT2D eigenvalue weighted by atomic mass is 9.99. The fourth-order valence-electron chi connectivity index (χ4n) is 3.10. The van der Waals surface area contributed by atoms with Gasteiger partial charge in [0, 0.05) is 6.54 Å². The molecule has 2 aromatic carbocycles. The number of rotatable bonds is 4. The zero-order valence-electron chi connectivity index (χ0n) is 13.2. The first-order valence-electron chi connectivity index (χ1n) is 7.99. The van der Waals surface area contributed by atoms with Gasteiger partial charge in [0.2, 0.25) is 5.91 Å². The molecule has 2 aromatic rings. The lowest BCUT2D eigenvalue weighted by Crippen LogP contribution is -2.40. The highest BCUT2D eigenvalue weighted by atomic mass is 35.5. The van der Waals surface area contributed by atoms with Crippen molar-refractivity contribution in [2.45, 2.75) is 25.3 Å². The molecule has 23 heavy (non-hydrogen) atoms. The maximum Gasteiger partial charge on any atom is 0.241 e. The summed E-state index contributed by atoms with van der Waals surface area (Å²) in [4.78, 5) is 14.7. The third kappa shape index (κ3) is 3.74. The van der Waals surface area contributed by atoms with Crippen LogP contribution in [0.25, 0.3) is 0 Å². The number of carbonyl (C=O) groups excluding carboxylic acids is 1. The van der Waals surface area contributed by atoms with Crippen LogP contribution in [0.4, 0.5) is 5.69 Å². The summed E-state index contributed by atoms with van der Waals surface area (Å²) in [5, 5.41) is 3.50. The summed E-state index contributed by atoms with van der Waals surface area (Å²) in [5.74, 6) is 0.499. The number of benzene rings is 2. The molecule has 0 aromatic heterocycles. The van der Waals surface area contributed by atoms with Gasteiger partial charge in [-0.25, -0.2) is 0 Å². The van der Waals surface area contributed by atoms with Gasteiger partial charge in [0.1, 0.15) is 0 Å². The van der Waals surface area contributed by atoms with Crippen molar-refractivity contribution >= 4 is 23.2 Å². The van der Waals surface area contributed by atoms with Gasteiger partial charge in [-0.3, -0.25) is 9.69 Å². The Hall–Kier alpha value is -1.84. The third-order valence-corrected chi connectivity index (χ3v) is 4.88. The van der Waals surface area contributed by atoms with Gasteiger partial charge in [-0.2, -0.15) is 0 Å². The molecule has 120 valence electrons. The van der Waals surface area contributed by atoms with Crippen molar-refractivity contribution in [3.8, 4) is 0 Å². The summed E-state index contributed by atoms with van der Waals surface area (Å²) in [6.45, 7) is 3.82. The first kappa shape index (κ1) is 16.0. The van der Waals surface area contributed by atoms with Gasteiger partial charge in [0.25, 0.3) is 0 Å². The van der Waals surface area contributed by atoms with Crippen LogP contribution in [0.3, 0.4) is 0 Å². The van der Waals surface area contributed by atoms with Crippen LogP contribution in [0.2, 0.25) is 5.02 Å². The summed E-state index contributed by atoms with van der Waals surface area (Å²) >= 11 is 6.11. The van der Waals surface area contributed by atoms with E-state index in [2.05, 4.69) is 34.5 Å².